The molecule has 1 heterocycles. The van der Waals surface area contributed by atoms with E-state index in [1.54, 1.807) is 0 Å². The molecule has 1 unspecified atom stereocenters. The van der Waals surface area contributed by atoms with E-state index >= 15 is 0 Å². The summed E-state index contributed by atoms with van der Waals surface area (Å²) >= 11 is 0. The Labute approximate surface area is 112 Å². The molecule has 1 atom stereocenters. The molecule has 2 aliphatic rings. The van der Waals surface area contributed by atoms with E-state index in [2.05, 4.69) is 5.32 Å². The molecule has 0 radical (unpaired) electrons. The van der Waals surface area contributed by atoms with Gasteiger partial charge in [0.15, 0.2) is 0 Å². The molecule has 0 aromatic heterocycles. The molecule has 0 aromatic carbocycles. The Balaban J connectivity index is 1.66. The first kappa shape index (κ1) is 13.8. The van der Waals surface area contributed by atoms with E-state index in [0.29, 0.717) is 32.4 Å². The molecule has 2 N–H and O–H groups in total. The summed E-state index contributed by atoms with van der Waals surface area (Å²) in [7, 11) is 0. The molecular formula is C13H20N2O4. The zero-order valence-electron chi connectivity index (χ0n) is 10.9. The number of likely N-dealkylation sites (tertiary alicyclic amines) is 1. The van der Waals surface area contributed by atoms with Crippen molar-refractivity contribution >= 4 is 17.8 Å². The SMILES string of the molecule is O=C(NCCCC(=O)N1CCCC1C(=O)O)C1CC1. The Morgan fingerprint density at radius 3 is 2.58 bits per heavy atom. The fourth-order valence-corrected chi connectivity index (χ4v) is 2.41. The number of nitrogens with one attached hydrogen (secondary N) is 1. The van der Waals surface area contributed by atoms with Gasteiger partial charge < -0.3 is 15.3 Å². The number of carboxylic acid groups (broad SMARTS) is 1. The van der Waals surface area contributed by atoms with Gasteiger partial charge in [-0.1, -0.05) is 0 Å². The van der Waals surface area contributed by atoms with E-state index in [0.717, 1.165) is 19.3 Å². The van der Waals surface area contributed by atoms with Gasteiger partial charge >= 0.3 is 5.97 Å². The molecule has 1 aliphatic carbocycles. The van der Waals surface area contributed by atoms with Crippen LogP contribution >= 0.6 is 0 Å². The van der Waals surface area contributed by atoms with Crippen LogP contribution < -0.4 is 5.32 Å². The van der Waals surface area contributed by atoms with Crippen molar-refractivity contribution in [3.8, 4) is 0 Å². The second-order valence-electron chi connectivity index (χ2n) is 5.25. The lowest BCUT2D eigenvalue weighted by atomic mass is 10.2. The predicted octanol–water partition coefficient (Wildman–Crippen LogP) is 0.368. The summed E-state index contributed by atoms with van der Waals surface area (Å²) in [6, 6.07) is -0.659. The molecule has 19 heavy (non-hydrogen) atoms. The van der Waals surface area contributed by atoms with Gasteiger partial charge in [-0.3, -0.25) is 9.59 Å². The van der Waals surface area contributed by atoms with Crippen molar-refractivity contribution in [2.45, 2.75) is 44.6 Å². The molecule has 6 nitrogen and oxygen atoms in total. The van der Waals surface area contributed by atoms with Crippen LogP contribution in [-0.2, 0) is 14.4 Å². The number of hydrogen-bond acceptors (Lipinski definition) is 3. The molecule has 1 aliphatic heterocycles. The van der Waals surface area contributed by atoms with Gasteiger partial charge in [-0.15, -0.1) is 0 Å². The number of aliphatic carboxylic acids is 1. The molecule has 1 saturated heterocycles. The van der Waals surface area contributed by atoms with E-state index in [1.807, 2.05) is 0 Å². The van der Waals surface area contributed by atoms with Gasteiger partial charge in [-0.25, -0.2) is 4.79 Å². The summed E-state index contributed by atoms with van der Waals surface area (Å²) in [5.74, 6) is -0.777. The average molecular weight is 268 g/mol. The van der Waals surface area contributed by atoms with Crippen LogP contribution in [0.1, 0.15) is 38.5 Å². The zero-order valence-corrected chi connectivity index (χ0v) is 10.9. The fraction of sp³-hybridized carbons (Fsp3) is 0.769. The van der Waals surface area contributed by atoms with Gasteiger partial charge in [0.05, 0.1) is 0 Å². The third-order valence-corrected chi connectivity index (χ3v) is 3.67. The number of nitrogens with zero attached hydrogens (tertiary/aromatic N) is 1. The van der Waals surface area contributed by atoms with Crippen molar-refractivity contribution in [3.05, 3.63) is 0 Å². The lowest BCUT2D eigenvalue weighted by Crippen LogP contribution is -2.40. The maximum absolute atomic E-state index is 11.9. The maximum atomic E-state index is 11.9. The topological polar surface area (TPSA) is 86.7 Å². The quantitative estimate of drug-likeness (QED) is 0.681. The summed E-state index contributed by atoms with van der Waals surface area (Å²) in [6.45, 7) is 1.02. The Morgan fingerprint density at radius 1 is 1.21 bits per heavy atom. The van der Waals surface area contributed by atoms with Crippen molar-refractivity contribution in [3.63, 3.8) is 0 Å². The van der Waals surface area contributed by atoms with Crippen LogP contribution in [0, 0.1) is 5.92 Å². The molecule has 2 amide bonds. The summed E-state index contributed by atoms with van der Waals surface area (Å²) in [6.07, 6.45) is 4.10. The van der Waals surface area contributed by atoms with Crippen molar-refractivity contribution in [2.24, 2.45) is 5.92 Å². The molecule has 2 fully saturated rings. The fourth-order valence-electron chi connectivity index (χ4n) is 2.41. The highest BCUT2D eigenvalue weighted by Gasteiger charge is 2.33. The van der Waals surface area contributed by atoms with Crippen molar-refractivity contribution in [1.82, 2.24) is 10.2 Å². The van der Waals surface area contributed by atoms with E-state index < -0.39 is 12.0 Å². The molecule has 0 bridgehead atoms. The number of carbonyl (C=O) groups excluding carboxylic acids is 2. The molecule has 1 saturated carbocycles. The van der Waals surface area contributed by atoms with Gasteiger partial charge in [0.2, 0.25) is 11.8 Å². The number of hydrogen-bond donors (Lipinski definition) is 2. The summed E-state index contributed by atoms with van der Waals surface area (Å²) in [5, 5.41) is 11.8. The Kier molecular flexibility index (Phi) is 4.39. The minimum absolute atomic E-state index is 0.0806. The molecular weight excluding hydrogens is 248 g/mol. The predicted molar refractivity (Wildman–Crippen MR) is 67.3 cm³/mol. The van der Waals surface area contributed by atoms with E-state index in [4.69, 9.17) is 5.11 Å². The molecule has 0 aromatic rings. The molecule has 106 valence electrons. The third kappa shape index (κ3) is 3.68. The number of rotatable bonds is 6. The number of carbonyl (C=O) groups is 3. The van der Waals surface area contributed by atoms with Crippen LogP contribution in [0.15, 0.2) is 0 Å². The van der Waals surface area contributed by atoms with Gasteiger partial charge in [0.25, 0.3) is 0 Å². The van der Waals surface area contributed by atoms with Crippen LogP contribution in [0.25, 0.3) is 0 Å². The van der Waals surface area contributed by atoms with Gasteiger partial charge in [0.1, 0.15) is 6.04 Å². The normalized spacial score (nSPS) is 22.3. The molecule has 2 rings (SSSR count). The number of carboxylic acids is 1. The van der Waals surface area contributed by atoms with Crippen molar-refractivity contribution < 1.29 is 19.5 Å². The first-order chi connectivity index (χ1) is 9.09. The van der Waals surface area contributed by atoms with E-state index in [-0.39, 0.29) is 17.7 Å². The molecule has 0 spiro atoms. The maximum Gasteiger partial charge on any atom is 0.326 e. The average Bonchev–Trinajstić information content (AvgIpc) is 3.10. The highest BCUT2D eigenvalue weighted by atomic mass is 16.4. The van der Waals surface area contributed by atoms with Crippen LogP contribution in [-0.4, -0.2) is 46.9 Å². The van der Waals surface area contributed by atoms with Gasteiger partial charge in [-0.05, 0) is 32.1 Å². The Morgan fingerprint density at radius 2 is 1.95 bits per heavy atom. The Hall–Kier alpha value is -1.59. The second kappa shape index (κ2) is 6.04. The lowest BCUT2D eigenvalue weighted by molar-refractivity contribution is -0.148. The van der Waals surface area contributed by atoms with Crippen molar-refractivity contribution in [1.29, 1.82) is 0 Å². The van der Waals surface area contributed by atoms with Crippen LogP contribution in [0.2, 0.25) is 0 Å². The van der Waals surface area contributed by atoms with Gasteiger partial charge in [-0.2, -0.15) is 0 Å². The Bertz CT molecular complexity index is 379. The largest absolute Gasteiger partial charge is 0.480 e. The number of amides is 2. The first-order valence-electron chi connectivity index (χ1n) is 6.89. The third-order valence-electron chi connectivity index (χ3n) is 3.67. The summed E-state index contributed by atoms with van der Waals surface area (Å²) < 4.78 is 0. The smallest absolute Gasteiger partial charge is 0.326 e. The second-order valence-corrected chi connectivity index (χ2v) is 5.25. The molecule has 6 heteroatoms. The minimum Gasteiger partial charge on any atom is -0.480 e. The lowest BCUT2D eigenvalue weighted by Gasteiger charge is -2.21. The van der Waals surface area contributed by atoms with Crippen LogP contribution in [0.5, 0.6) is 0 Å². The van der Waals surface area contributed by atoms with E-state index in [9.17, 15) is 14.4 Å². The van der Waals surface area contributed by atoms with Crippen molar-refractivity contribution in [2.75, 3.05) is 13.1 Å². The highest BCUT2D eigenvalue weighted by Crippen LogP contribution is 2.28. The highest BCUT2D eigenvalue weighted by molar-refractivity contribution is 5.84. The van der Waals surface area contributed by atoms with E-state index in [1.165, 1.54) is 4.90 Å². The zero-order chi connectivity index (χ0) is 13.8. The first-order valence-corrected chi connectivity index (χ1v) is 6.89. The standard InChI is InChI=1S/C13H20N2O4/c16-11(15-8-2-3-10(15)13(18)19)4-1-7-14-12(17)9-5-6-9/h9-10H,1-8H2,(H,14,17)(H,18,19). The van der Waals surface area contributed by atoms with Gasteiger partial charge in [0, 0.05) is 25.4 Å². The monoisotopic (exact) mass is 268 g/mol. The van der Waals surface area contributed by atoms with Crippen LogP contribution in [0.4, 0.5) is 0 Å². The van der Waals surface area contributed by atoms with Crippen LogP contribution in [0.3, 0.4) is 0 Å². The summed E-state index contributed by atoms with van der Waals surface area (Å²) in [4.78, 5) is 35.7. The summed E-state index contributed by atoms with van der Waals surface area (Å²) in [5.41, 5.74) is 0. The minimum atomic E-state index is -0.923.